The van der Waals surface area contributed by atoms with E-state index >= 15 is 0 Å². The number of rotatable bonds is 5. The van der Waals surface area contributed by atoms with Crippen LogP contribution < -0.4 is 5.32 Å². The van der Waals surface area contributed by atoms with Gasteiger partial charge in [0.2, 0.25) is 15.9 Å². The van der Waals surface area contributed by atoms with Crippen molar-refractivity contribution >= 4 is 15.9 Å². The highest BCUT2D eigenvalue weighted by Crippen LogP contribution is 2.23. The summed E-state index contributed by atoms with van der Waals surface area (Å²) in [5, 5.41) is 2.96. The molecule has 2 rings (SSSR count). The second kappa shape index (κ2) is 7.19. The van der Waals surface area contributed by atoms with Gasteiger partial charge in [-0.2, -0.15) is 4.31 Å². The Bertz CT molecular complexity index is 604. The van der Waals surface area contributed by atoms with Crippen LogP contribution in [0, 0.1) is 5.92 Å². The number of hydrogen-bond donors (Lipinski definition) is 1. The number of carbonyl (C=O) groups excluding carboxylic acids is 1. The lowest BCUT2D eigenvalue weighted by Gasteiger charge is -2.30. The fourth-order valence-corrected chi connectivity index (χ4v) is 3.84. The highest BCUT2D eigenvalue weighted by molar-refractivity contribution is 7.89. The van der Waals surface area contributed by atoms with Crippen LogP contribution in [-0.2, 0) is 14.8 Å². The van der Waals surface area contributed by atoms with Gasteiger partial charge < -0.3 is 5.32 Å². The maximum Gasteiger partial charge on any atom is 0.244 e. The minimum atomic E-state index is -3.68. The van der Waals surface area contributed by atoms with Crippen molar-refractivity contribution in [1.82, 2.24) is 14.6 Å². The third-order valence-corrected chi connectivity index (χ3v) is 5.95. The fourth-order valence-electron chi connectivity index (χ4n) is 2.75. The van der Waals surface area contributed by atoms with Crippen molar-refractivity contribution in [2.45, 2.75) is 43.5 Å². The number of aromatic nitrogens is 1. The molecular weight excluding hydrogens is 302 g/mol. The summed E-state index contributed by atoms with van der Waals surface area (Å²) in [5.41, 5.74) is 0. The molecule has 0 aromatic carbocycles. The van der Waals surface area contributed by atoms with Gasteiger partial charge in [0.15, 0.2) is 0 Å². The van der Waals surface area contributed by atoms with Crippen molar-refractivity contribution in [1.29, 1.82) is 0 Å². The van der Waals surface area contributed by atoms with Gasteiger partial charge in [0.1, 0.15) is 4.90 Å². The van der Waals surface area contributed by atoms with E-state index in [1.165, 1.54) is 31.9 Å². The molecule has 22 heavy (non-hydrogen) atoms. The van der Waals surface area contributed by atoms with Gasteiger partial charge in [-0.05, 0) is 30.9 Å². The summed E-state index contributed by atoms with van der Waals surface area (Å²) in [5.74, 6) is 0.187. The summed E-state index contributed by atoms with van der Waals surface area (Å²) in [6.07, 6.45) is 7.17. The second-order valence-electron chi connectivity index (χ2n) is 5.89. The zero-order chi connectivity index (χ0) is 16.2. The largest absolute Gasteiger partial charge is 0.352 e. The standard InChI is InChI=1S/C15H23N3O3S/c1-12-6-3-4-8-14(12)17-15(19)11-18(2)22(20,21)13-7-5-9-16-10-13/h5,7,9-10,12,14H,3-4,6,8,11H2,1-2H3,(H,17,19)/t12-,14+/m1/s1. The van der Waals surface area contributed by atoms with E-state index in [2.05, 4.69) is 17.2 Å². The van der Waals surface area contributed by atoms with Crippen LogP contribution >= 0.6 is 0 Å². The van der Waals surface area contributed by atoms with Gasteiger partial charge in [-0.15, -0.1) is 0 Å². The first kappa shape index (κ1) is 16.9. The first-order valence-electron chi connectivity index (χ1n) is 7.57. The molecule has 1 fully saturated rings. The van der Waals surface area contributed by atoms with Crippen molar-refractivity contribution in [2.75, 3.05) is 13.6 Å². The van der Waals surface area contributed by atoms with E-state index in [0.717, 1.165) is 23.6 Å². The number of likely N-dealkylation sites (N-methyl/N-ethyl adjacent to an activating group) is 1. The van der Waals surface area contributed by atoms with Crippen LogP contribution in [0.3, 0.4) is 0 Å². The Kier molecular flexibility index (Phi) is 5.52. The van der Waals surface area contributed by atoms with Crippen LogP contribution in [0.1, 0.15) is 32.6 Å². The minimum Gasteiger partial charge on any atom is -0.352 e. The first-order chi connectivity index (χ1) is 10.4. The molecule has 2 atom stereocenters. The Labute approximate surface area is 132 Å². The Morgan fingerprint density at radius 1 is 1.41 bits per heavy atom. The smallest absolute Gasteiger partial charge is 0.244 e. The van der Waals surface area contributed by atoms with Gasteiger partial charge in [0.25, 0.3) is 0 Å². The summed E-state index contributed by atoms with van der Waals surface area (Å²) in [6.45, 7) is 1.95. The van der Waals surface area contributed by atoms with E-state index in [1.807, 2.05) is 0 Å². The summed E-state index contributed by atoms with van der Waals surface area (Å²) in [4.78, 5) is 16.0. The maximum absolute atomic E-state index is 12.3. The van der Waals surface area contributed by atoms with Crippen LogP contribution in [0.25, 0.3) is 0 Å². The quantitative estimate of drug-likeness (QED) is 0.887. The van der Waals surface area contributed by atoms with Gasteiger partial charge in [0, 0.05) is 25.5 Å². The molecule has 0 bridgehead atoms. The zero-order valence-corrected chi connectivity index (χ0v) is 13.8. The minimum absolute atomic E-state index is 0.0938. The number of amides is 1. The molecule has 1 aromatic rings. The van der Waals surface area contributed by atoms with Gasteiger partial charge in [-0.3, -0.25) is 9.78 Å². The monoisotopic (exact) mass is 325 g/mol. The Hall–Kier alpha value is -1.47. The third-order valence-electron chi connectivity index (χ3n) is 4.17. The Morgan fingerprint density at radius 3 is 2.77 bits per heavy atom. The van der Waals surface area contributed by atoms with E-state index in [-0.39, 0.29) is 23.4 Å². The second-order valence-corrected chi connectivity index (χ2v) is 7.93. The molecular formula is C15H23N3O3S. The number of hydrogen-bond acceptors (Lipinski definition) is 4. The summed E-state index contributed by atoms with van der Waals surface area (Å²) in [7, 11) is -2.27. The molecule has 6 nitrogen and oxygen atoms in total. The molecule has 1 N–H and O–H groups in total. The van der Waals surface area contributed by atoms with E-state index in [9.17, 15) is 13.2 Å². The molecule has 1 heterocycles. The zero-order valence-electron chi connectivity index (χ0n) is 13.0. The lowest BCUT2D eigenvalue weighted by Crippen LogP contribution is -2.46. The molecule has 0 aliphatic heterocycles. The highest BCUT2D eigenvalue weighted by Gasteiger charge is 2.26. The van der Waals surface area contributed by atoms with Gasteiger partial charge in [-0.25, -0.2) is 8.42 Å². The fraction of sp³-hybridized carbons (Fsp3) is 0.600. The molecule has 1 aromatic heterocycles. The molecule has 0 unspecified atom stereocenters. The van der Waals surface area contributed by atoms with Crippen LogP contribution in [0.15, 0.2) is 29.4 Å². The van der Waals surface area contributed by atoms with Crippen molar-refractivity contribution < 1.29 is 13.2 Å². The van der Waals surface area contributed by atoms with Crippen molar-refractivity contribution in [3.05, 3.63) is 24.5 Å². The number of carbonyl (C=O) groups is 1. The van der Waals surface area contributed by atoms with E-state index in [1.54, 1.807) is 6.07 Å². The molecule has 1 aliphatic rings. The average molecular weight is 325 g/mol. The lowest BCUT2D eigenvalue weighted by molar-refractivity contribution is -0.122. The van der Waals surface area contributed by atoms with Gasteiger partial charge in [0.05, 0.1) is 6.54 Å². The lowest BCUT2D eigenvalue weighted by atomic mass is 9.86. The summed E-state index contributed by atoms with van der Waals surface area (Å²) < 4.78 is 25.7. The van der Waals surface area contributed by atoms with Crippen LogP contribution in [0.2, 0.25) is 0 Å². The van der Waals surface area contributed by atoms with Crippen LogP contribution in [-0.4, -0.2) is 43.2 Å². The normalized spacial score (nSPS) is 22.5. The Balaban J connectivity index is 1.96. The van der Waals surface area contributed by atoms with Crippen molar-refractivity contribution in [3.63, 3.8) is 0 Å². The number of pyridine rings is 1. The molecule has 1 aliphatic carbocycles. The molecule has 0 spiro atoms. The molecule has 0 saturated heterocycles. The molecule has 7 heteroatoms. The summed E-state index contributed by atoms with van der Waals surface area (Å²) in [6, 6.07) is 3.18. The SMILES string of the molecule is C[C@@H]1CCCC[C@@H]1NC(=O)CN(C)S(=O)(=O)c1cccnc1. The topological polar surface area (TPSA) is 79.4 Å². The van der Waals surface area contributed by atoms with E-state index in [0.29, 0.717) is 5.92 Å². The number of nitrogens with one attached hydrogen (secondary N) is 1. The van der Waals surface area contributed by atoms with Crippen molar-refractivity contribution in [2.24, 2.45) is 5.92 Å². The van der Waals surface area contributed by atoms with E-state index < -0.39 is 10.0 Å². The average Bonchev–Trinajstić information content (AvgIpc) is 2.50. The highest BCUT2D eigenvalue weighted by atomic mass is 32.2. The van der Waals surface area contributed by atoms with Crippen LogP contribution in [0.5, 0.6) is 0 Å². The first-order valence-corrected chi connectivity index (χ1v) is 9.01. The number of sulfonamides is 1. The van der Waals surface area contributed by atoms with Crippen molar-refractivity contribution in [3.8, 4) is 0 Å². The predicted molar refractivity (Wildman–Crippen MR) is 83.6 cm³/mol. The summed E-state index contributed by atoms with van der Waals surface area (Å²) >= 11 is 0. The predicted octanol–water partition coefficient (Wildman–Crippen LogP) is 1.40. The van der Waals surface area contributed by atoms with Crippen LogP contribution in [0.4, 0.5) is 0 Å². The van der Waals surface area contributed by atoms with Gasteiger partial charge >= 0.3 is 0 Å². The molecule has 122 valence electrons. The molecule has 1 saturated carbocycles. The van der Waals surface area contributed by atoms with Gasteiger partial charge in [-0.1, -0.05) is 19.8 Å². The molecule has 1 amide bonds. The number of nitrogens with zero attached hydrogens (tertiary/aromatic N) is 2. The Morgan fingerprint density at radius 2 is 2.14 bits per heavy atom. The van der Waals surface area contributed by atoms with E-state index in [4.69, 9.17) is 0 Å². The third kappa shape index (κ3) is 4.04. The molecule has 0 radical (unpaired) electrons. The maximum atomic E-state index is 12.3.